The van der Waals surface area contributed by atoms with E-state index in [0.717, 1.165) is 6.42 Å². The molecule has 0 aromatic carbocycles. The van der Waals surface area contributed by atoms with E-state index in [1.165, 1.54) is 0 Å². The Balaban J connectivity index is 2.64. The number of hydrogen-bond acceptors (Lipinski definition) is 3. The van der Waals surface area contributed by atoms with E-state index in [-0.39, 0.29) is 16.0 Å². The van der Waals surface area contributed by atoms with Gasteiger partial charge in [-0.15, -0.1) is 0 Å². The van der Waals surface area contributed by atoms with Gasteiger partial charge in [0.2, 0.25) is 0 Å². The van der Waals surface area contributed by atoms with Crippen molar-refractivity contribution in [1.82, 2.24) is 0 Å². The molecule has 1 fully saturated rings. The van der Waals surface area contributed by atoms with Gasteiger partial charge in [0.15, 0.2) is 0 Å². The fraction of sp³-hybridized carbons (Fsp3) is 1.00. The molecular formula is C9H19NO2S. The molecule has 3 unspecified atom stereocenters. The summed E-state index contributed by atoms with van der Waals surface area (Å²) in [4.78, 5) is 0. The van der Waals surface area contributed by atoms with Crippen LogP contribution in [0.25, 0.3) is 0 Å². The lowest BCUT2D eigenvalue weighted by molar-refractivity contribution is 0.0900. The van der Waals surface area contributed by atoms with E-state index < -0.39 is 10.8 Å². The normalized spacial score (nSPS) is 32.9. The maximum absolute atomic E-state index is 12.0. The average molecular weight is 205 g/mol. The minimum atomic E-state index is -0.904. The lowest BCUT2D eigenvalue weighted by atomic mass is 10.1. The number of nitrogens with two attached hydrogens (primary N) is 1. The Bertz CT molecular complexity index is 200. The van der Waals surface area contributed by atoms with Gasteiger partial charge in [-0.05, 0) is 27.2 Å². The van der Waals surface area contributed by atoms with Gasteiger partial charge in [-0.2, -0.15) is 0 Å². The van der Waals surface area contributed by atoms with Crippen LogP contribution >= 0.6 is 0 Å². The zero-order valence-electron chi connectivity index (χ0n) is 8.58. The van der Waals surface area contributed by atoms with E-state index >= 15 is 0 Å². The van der Waals surface area contributed by atoms with Gasteiger partial charge in [-0.25, -0.2) is 0 Å². The van der Waals surface area contributed by atoms with Crippen LogP contribution in [0.2, 0.25) is 0 Å². The highest BCUT2D eigenvalue weighted by Gasteiger charge is 2.34. The van der Waals surface area contributed by atoms with Crippen LogP contribution in [0, 0.1) is 0 Å². The monoisotopic (exact) mass is 205 g/mol. The van der Waals surface area contributed by atoms with Crippen LogP contribution in [0.5, 0.6) is 0 Å². The van der Waals surface area contributed by atoms with E-state index in [1.54, 1.807) is 0 Å². The van der Waals surface area contributed by atoms with Crippen molar-refractivity contribution in [2.45, 2.75) is 43.2 Å². The molecule has 0 saturated carbocycles. The number of hydrogen-bond donors (Lipinski definition) is 1. The van der Waals surface area contributed by atoms with Gasteiger partial charge in [0.25, 0.3) is 0 Å². The molecule has 3 nitrogen and oxygen atoms in total. The molecule has 0 aromatic heterocycles. The fourth-order valence-corrected chi connectivity index (χ4v) is 2.98. The van der Waals surface area contributed by atoms with Gasteiger partial charge in [0, 0.05) is 28.2 Å². The van der Waals surface area contributed by atoms with Crippen LogP contribution in [0.3, 0.4) is 0 Å². The van der Waals surface area contributed by atoms with Crippen molar-refractivity contribution >= 4 is 10.8 Å². The van der Waals surface area contributed by atoms with Crippen molar-refractivity contribution in [2.75, 3.05) is 13.2 Å². The Hall–Kier alpha value is 0.0700. The second-order valence-electron chi connectivity index (χ2n) is 4.48. The van der Waals surface area contributed by atoms with Crippen molar-refractivity contribution in [2.24, 2.45) is 5.73 Å². The molecule has 1 aliphatic rings. The lowest BCUT2D eigenvalue weighted by Crippen LogP contribution is -2.49. The third-order valence-electron chi connectivity index (χ3n) is 2.23. The van der Waals surface area contributed by atoms with Gasteiger partial charge in [0.05, 0.1) is 11.9 Å². The van der Waals surface area contributed by atoms with Crippen LogP contribution in [-0.2, 0) is 15.5 Å². The predicted octanol–water partition coefficient (Wildman–Crippen LogP) is 0.650. The van der Waals surface area contributed by atoms with Gasteiger partial charge in [0.1, 0.15) is 0 Å². The summed E-state index contributed by atoms with van der Waals surface area (Å²) in [7, 11) is -0.904. The highest BCUT2D eigenvalue weighted by molar-refractivity contribution is 7.87. The molecule has 13 heavy (non-hydrogen) atoms. The Morgan fingerprint density at radius 1 is 1.46 bits per heavy atom. The summed E-state index contributed by atoms with van der Waals surface area (Å²) in [6, 6.07) is 0.0359. The number of rotatable bonds is 1. The van der Waals surface area contributed by atoms with E-state index in [4.69, 9.17) is 10.5 Å². The van der Waals surface area contributed by atoms with Crippen molar-refractivity contribution in [3.05, 3.63) is 0 Å². The Labute approximate surface area is 82.5 Å². The molecule has 1 saturated heterocycles. The topological polar surface area (TPSA) is 52.3 Å². The first-order valence-electron chi connectivity index (χ1n) is 4.67. The zero-order valence-corrected chi connectivity index (χ0v) is 9.39. The Morgan fingerprint density at radius 2 is 2.08 bits per heavy atom. The summed E-state index contributed by atoms with van der Waals surface area (Å²) in [5, 5.41) is 0.00810. The van der Waals surface area contributed by atoms with Crippen LogP contribution < -0.4 is 5.73 Å². The maximum Gasteiger partial charge on any atom is 0.0738 e. The van der Waals surface area contributed by atoms with Crippen molar-refractivity contribution < 1.29 is 8.95 Å². The summed E-state index contributed by atoms with van der Waals surface area (Å²) >= 11 is 0. The van der Waals surface area contributed by atoms with Crippen molar-refractivity contribution in [1.29, 1.82) is 0 Å². The first-order valence-corrected chi connectivity index (χ1v) is 5.88. The molecule has 4 heteroatoms. The molecule has 2 N–H and O–H groups in total. The SMILES string of the molecule is CC(C)(C)S(=O)C1COCCC1N. The summed E-state index contributed by atoms with van der Waals surface area (Å²) in [5.41, 5.74) is 5.90. The highest BCUT2D eigenvalue weighted by atomic mass is 32.2. The second-order valence-corrected chi connectivity index (χ2v) is 6.90. The second kappa shape index (κ2) is 4.07. The van der Waals surface area contributed by atoms with E-state index in [1.807, 2.05) is 20.8 Å². The Kier molecular flexibility index (Phi) is 3.49. The molecule has 1 heterocycles. The highest BCUT2D eigenvalue weighted by Crippen LogP contribution is 2.21. The molecule has 1 aliphatic heterocycles. The van der Waals surface area contributed by atoms with Crippen LogP contribution in [0.1, 0.15) is 27.2 Å². The molecule has 0 amide bonds. The van der Waals surface area contributed by atoms with Gasteiger partial charge >= 0.3 is 0 Å². The molecule has 0 aromatic rings. The quantitative estimate of drug-likeness (QED) is 0.684. The summed E-state index contributed by atoms with van der Waals surface area (Å²) in [5.74, 6) is 0. The molecule has 78 valence electrons. The maximum atomic E-state index is 12.0. The average Bonchev–Trinajstić information content (AvgIpc) is 2.02. The molecule has 0 spiro atoms. The Morgan fingerprint density at radius 3 is 2.54 bits per heavy atom. The first kappa shape index (κ1) is 11.1. The molecule has 0 bridgehead atoms. The third-order valence-corrected chi connectivity index (χ3v) is 4.48. The van der Waals surface area contributed by atoms with Crippen molar-refractivity contribution in [3.63, 3.8) is 0 Å². The smallest absolute Gasteiger partial charge is 0.0738 e. The molecule has 1 rings (SSSR count). The van der Waals surface area contributed by atoms with Gasteiger partial charge in [-0.3, -0.25) is 4.21 Å². The van der Waals surface area contributed by atoms with Gasteiger partial charge in [-0.1, -0.05) is 0 Å². The van der Waals surface area contributed by atoms with E-state index in [0.29, 0.717) is 13.2 Å². The molecular weight excluding hydrogens is 186 g/mol. The first-order chi connectivity index (χ1) is 5.93. The lowest BCUT2D eigenvalue weighted by Gasteiger charge is -2.32. The predicted molar refractivity (Wildman–Crippen MR) is 55.1 cm³/mol. The van der Waals surface area contributed by atoms with Crippen LogP contribution in [-0.4, -0.2) is 33.5 Å². The minimum absolute atomic E-state index is 0.00810. The summed E-state index contributed by atoms with van der Waals surface area (Å²) < 4.78 is 17.1. The standard InChI is InChI=1S/C9H19NO2S/c1-9(2,3)13(11)8-6-12-5-4-7(8)10/h7-8H,4-6,10H2,1-3H3. The largest absolute Gasteiger partial charge is 0.380 e. The van der Waals surface area contributed by atoms with E-state index in [9.17, 15) is 4.21 Å². The molecule has 0 aliphatic carbocycles. The third kappa shape index (κ3) is 2.76. The molecule has 0 radical (unpaired) electrons. The molecule has 3 atom stereocenters. The minimum Gasteiger partial charge on any atom is -0.380 e. The fourth-order valence-electron chi connectivity index (χ4n) is 1.40. The van der Waals surface area contributed by atoms with Gasteiger partial charge < -0.3 is 10.5 Å². The van der Waals surface area contributed by atoms with E-state index in [2.05, 4.69) is 0 Å². The summed E-state index contributed by atoms with van der Waals surface area (Å²) in [6.07, 6.45) is 0.826. The van der Waals surface area contributed by atoms with Crippen molar-refractivity contribution in [3.8, 4) is 0 Å². The summed E-state index contributed by atoms with van der Waals surface area (Å²) in [6.45, 7) is 7.18. The van der Waals surface area contributed by atoms with Crippen LogP contribution in [0.4, 0.5) is 0 Å². The van der Waals surface area contributed by atoms with Crippen LogP contribution in [0.15, 0.2) is 0 Å². The number of ether oxygens (including phenoxy) is 1. The zero-order chi connectivity index (χ0) is 10.1.